The maximum absolute atomic E-state index is 11.0. The number of aromatic carboxylic acids is 1. The van der Waals surface area contributed by atoms with Gasteiger partial charge in [0.1, 0.15) is 4.88 Å². The molecule has 0 amide bonds. The minimum atomic E-state index is -0.813. The molecule has 1 aliphatic carbocycles. The second-order valence-corrected chi connectivity index (χ2v) is 6.25. The second-order valence-electron chi connectivity index (χ2n) is 5.33. The SMILES string of the molecule is CC1CCCC(NCc2ccsc2C(=O)O)C1C. The first-order chi connectivity index (χ1) is 8.59. The quantitative estimate of drug-likeness (QED) is 0.879. The van der Waals surface area contributed by atoms with Gasteiger partial charge in [-0.1, -0.05) is 26.7 Å². The standard InChI is InChI=1S/C14H21NO2S/c1-9-4-3-5-12(10(9)2)15-8-11-6-7-18-13(11)14(16)17/h6-7,9-10,12,15H,3-5,8H2,1-2H3,(H,16,17). The van der Waals surface area contributed by atoms with Crippen LogP contribution in [0.1, 0.15) is 48.3 Å². The zero-order chi connectivity index (χ0) is 13.1. The lowest BCUT2D eigenvalue weighted by Gasteiger charge is -2.34. The summed E-state index contributed by atoms with van der Waals surface area (Å²) >= 11 is 1.31. The van der Waals surface area contributed by atoms with Crippen molar-refractivity contribution in [2.24, 2.45) is 11.8 Å². The van der Waals surface area contributed by atoms with Crippen LogP contribution < -0.4 is 5.32 Å². The van der Waals surface area contributed by atoms with Crippen LogP contribution in [0.3, 0.4) is 0 Å². The van der Waals surface area contributed by atoms with Gasteiger partial charge in [-0.25, -0.2) is 4.79 Å². The molecule has 3 atom stereocenters. The summed E-state index contributed by atoms with van der Waals surface area (Å²) in [5.41, 5.74) is 0.915. The highest BCUT2D eigenvalue weighted by Crippen LogP contribution is 2.30. The Morgan fingerprint density at radius 2 is 2.28 bits per heavy atom. The highest BCUT2D eigenvalue weighted by Gasteiger charge is 2.26. The lowest BCUT2D eigenvalue weighted by Crippen LogP contribution is -2.40. The van der Waals surface area contributed by atoms with Gasteiger partial charge in [0.2, 0.25) is 0 Å². The number of carbonyl (C=O) groups is 1. The summed E-state index contributed by atoms with van der Waals surface area (Å²) in [5.74, 6) is 0.621. The average Bonchev–Trinajstić information content (AvgIpc) is 2.79. The molecule has 1 heterocycles. The molecule has 1 aliphatic rings. The number of nitrogens with one attached hydrogen (secondary N) is 1. The van der Waals surface area contributed by atoms with Crippen molar-refractivity contribution in [1.29, 1.82) is 0 Å². The Morgan fingerprint density at radius 1 is 1.50 bits per heavy atom. The molecule has 3 nitrogen and oxygen atoms in total. The van der Waals surface area contributed by atoms with Crippen molar-refractivity contribution < 1.29 is 9.90 Å². The topological polar surface area (TPSA) is 49.3 Å². The third-order valence-electron chi connectivity index (χ3n) is 4.20. The van der Waals surface area contributed by atoms with E-state index < -0.39 is 5.97 Å². The maximum atomic E-state index is 11.0. The maximum Gasteiger partial charge on any atom is 0.346 e. The summed E-state index contributed by atoms with van der Waals surface area (Å²) in [6.45, 7) is 5.28. The van der Waals surface area contributed by atoms with E-state index in [1.165, 1.54) is 30.6 Å². The molecule has 1 aromatic rings. The number of rotatable bonds is 4. The summed E-state index contributed by atoms with van der Waals surface area (Å²) in [4.78, 5) is 11.5. The molecule has 2 rings (SSSR count). The highest BCUT2D eigenvalue weighted by molar-refractivity contribution is 7.12. The Bertz CT molecular complexity index is 416. The van der Waals surface area contributed by atoms with Gasteiger partial charge in [0.25, 0.3) is 0 Å². The molecule has 3 unspecified atom stereocenters. The zero-order valence-corrected chi connectivity index (χ0v) is 11.8. The van der Waals surface area contributed by atoms with Gasteiger partial charge < -0.3 is 10.4 Å². The Hall–Kier alpha value is -0.870. The van der Waals surface area contributed by atoms with E-state index in [2.05, 4.69) is 19.2 Å². The summed E-state index contributed by atoms with van der Waals surface area (Å²) in [6, 6.07) is 2.44. The van der Waals surface area contributed by atoms with Crippen molar-refractivity contribution >= 4 is 17.3 Å². The molecule has 1 saturated carbocycles. The van der Waals surface area contributed by atoms with Gasteiger partial charge in [0.05, 0.1) is 0 Å². The van der Waals surface area contributed by atoms with Crippen LogP contribution in [0.25, 0.3) is 0 Å². The number of hydrogen-bond donors (Lipinski definition) is 2. The third-order valence-corrected chi connectivity index (χ3v) is 5.15. The van der Waals surface area contributed by atoms with E-state index in [4.69, 9.17) is 5.11 Å². The van der Waals surface area contributed by atoms with Crippen molar-refractivity contribution in [3.63, 3.8) is 0 Å². The van der Waals surface area contributed by atoms with Crippen LogP contribution in [0, 0.1) is 11.8 Å². The number of thiophene rings is 1. The molecule has 0 saturated heterocycles. The molecule has 0 spiro atoms. The lowest BCUT2D eigenvalue weighted by atomic mass is 9.78. The molecule has 1 aromatic heterocycles. The minimum absolute atomic E-state index is 0.471. The van der Waals surface area contributed by atoms with Gasteiger partial charge in [0, 0.05) is 12.6 Å². The molecule has 100 valence electrons. The Kier molecular flexibility index (Phi) is 4.40. The molecular weight excluding hydrogens is 246 g/mol. The Morgan fingerprint density at radius 3 is 3.00 bits per heavy atom. The summed E-state index contributed by atoms with van der Waals surface area (Å²) in [5, 5.41) is 14.5. The first-order valence-corrected chi connectivity index (χ1v) is 7.50. The van der Waals surface area contributed by atoms with E-state index in [9.17, 15) is 4.79 Å². The molecule has 0 bridgehead atoms. The molecule has 1 fully saturated rings. The van der Waals surface area contributed by atoms with E-state index in [1.807, 2.05) is 11.4 Å². The molecule has 0 aliphatic heterocycles. The van der Waals surface area contributed by atoms with E-state index in [-0.39, 0.29) is 0 Å². The fourth-order valence-electron chi connectivity index (χ4n) is 2.77. The van der Waals surface area contributed by atoms with Crippen molar-refractivity contribution in [2.45, 2.75) is 45.7 Å². The van der Waals surface area contributed by atoms with Gasteiger partial charge in [0.15, 0.2) is 0 Å². The lowest BCUT2D eigenvalue weighted by molar-refractivity contribution is 0.0700. The fourth-order valence-corrected chi connectivity index (χ4v) is 3.53. The normalized spacial score (nSPS) is 28.2. The van der Waals surface area contributed by atoms with E-state index in [1.54, 1.807) is 0 Å². The molecule has 0 aromatic carbocycles. The van der Waals surface area contributed by atoms with Gasteiger partial charge >= 0.3 is 5.97 Å². The highest BCUT2D eigenvalue weighted by atomic mass is 32.1. The zero-order valence-electron chi connectivity index (χ0n) is 11.0. The summed E-state index contributed by atoms with van der Waals surface area (Å²) in [6.07, 6.45) is 3.80. The van der Waals surface area contributed by atoms with Crippen LogP contribution in [-0.2, 0) is 6.54 Å². The van der Waals surface area contributed by atoms with Crippen LogP contribution in [0.4, 0.5) is 0 Å². The van der Waals surface area contributed by atoms with Gasteiger partial charge in [-0.2, -0.15) is 0 Å². The van der Waals surface area contributed by atoms with Gasteiger partial charge in [-0.05, 0) is 35.3 Å². The average molecular weight is 267 g/mol. The number of carboxylic acids is 1. The van der Waals surface area contributed by atoms with Gasteiger partial charge in [-0.3, -0.25) is 0 Å². The first kappa shape index (κ1) is 13.6. The Balaban J connectivity index is 1.94. The smallest absolute Gasteiger partial charge is 0.346 e. The van der Waals surface area contributed by atoms with Crippen LogP contribution >= 0.6 is 11.3 Å². The van der Waals surface area contributed by atoms with Crippen LogP contribution in [0.15, 0.2) is 11.4 Å². The van der Waals surface area contributed by atoms with Gasteiger partial charge in [-0.15, -0.1) is 11.3 Å². The predicted molar refractivity (Wildman–Crippen MR) is 74.1 cm³/mol. The third kappa shape index (κ3) is 2.93. The molecular formula is C14H21NO2S. The van der Waals surface area contributed by atoms with Crippen molar-refractivity contribution in [1.82, 2.24) is 5.32 Å². The number of carboxylic acid groups (broad SMARTS) is 1. The largest absolute Gasteiger partial charge is 0.477 e. The summed E-state index contributed by atoms with van der Waals surface area (Å²) in [7, 11) is 0. The Labute approximate surface area is 112 Å². The molecule has 2 N–H and O–H groups in total. The van der Waals surface area contributed by atoms with Crippen molar-refractivity contribution in [3.05, 3.63) is 21.9 Å². The minimum Gasteiger partial charge on any atom is -0.477 e. The fraction of sp³-hybridized carbons (Fsp3) is 0.643. The number of hydrogen-bond acceptors (Lipinski definition) is 3. The first-order valence-electron chi connectivity index (χ1n) is 6.62. The molecule has 4 heteroatoms. The monoisotopic (exact) mass is 267 g/mol. The van der Waals surface area contributed by atoms with E-state index in [0.29, 0.717) is 23.4 Å². The van der Waals surface area contributed by atoms with Crippen LogP contribution in [-0.4, -0.2) is 17.1 Å². The summed E-state index contributed by atoms with van der Waals surface area (Å²) < 4.78 is 0. The predicted octanol–water partition coefficient (Wildman–Crippen LogP) is 3.36. The van der Waals surface area contributed by atoms with E-state index >= 15 is 0 Å². The van der Waals surface area contributed by atoms with Crippen LogP contribution in [0.5, 0.6) is 0 Å². The van der Waals surface area contributed by atoms with Crippen molar-refractivity contribution in [2.75, 3.05) is 0 Å². The molecule has 0 radical (unpaired) electrons. The van der Waals surface area contributed by atoms with Crippen molar-refractivity contribution in [3.8, 4) is 0 Å². The molecule has 18 heavy (non-hydrogen) atoms. The second kappa shape index (κ2) is 5.85. The van der Waals surface area contributed by atoms with Crippen LogP contribution in [0.2, 0.25) is 0 Å². The van der Waals surface area contributed by atoms with E-state index in [0.717, 1.165) is 11.5 Å².